The van der Waals surface area contributed by atoms with E-state index in [0.29, 0.717) is 22.2 Å². The highest BCUT2D eigenvalue weighted by molar-refractivity contribution is 6.32. The molecule has 7 nitrogen and oxygen atoms in total. The van der Waals surface area contributed by atoms with Crippen LogP contribution in [0.25, 0.3) is 0 Å². The maximum atomic E-state index is 11.9. The van der Waals surface area contributed by atoms with Gasteiger partial charge in [0.05, 0.1) is 17.8 Å². The Morgan fingerprint density at radius 2 is 2.33 bits per heavy atom. The Bertz CT molecular complexity index is 720. The first-order chi connectivity index (χ1) is 10.0. The number of nitrogens with zero attached hydrogens (tertiary/aromatic N) is 4. The van der Waals surface area contributed by atoms with E-state index in [-0.39, 0.29) is 18.1 Å². The average Bonchev–Trinajstić information content (AvgIpc) is 2.79. The van der Waals surface area contributed by atoms with Gasteiger partial charge in [-0.25, -0.2) is 4.68 Å². The quantitative estimate of drug-likeness (QED) is 0.929. The maximum Gasteiger partial charge on any atom is 0.246 e. The molecular formula is C13H12ClN5O2. The molecule has 1 amide bonds. The van der Waals surface area contributed by atoms with Crippen LogP contribution < -0.4 is 10.1 Å². The van der Waals surface area contributed by atoms with Crippen molar-refractivity contribution in [3.8, 4) is 11.8 Å². The fourth-order valence-electron chi connectivity index (χ4n) is 1.69. The van der Waals surface area contributed by atoms with Crippen LogP contribution in [-0.2, 0) is 11.3 Å². The summed E-state index contributed by atoms with van der Waals surface area (Å²) in [5.74, 6) is 0.231. The highest BCUT2D eigenvalue weighted by Gasteiger charge is 2.12. The van der Waals surface area contributed by atoms with Gasteiger partial charge < -0.3 is 10.1 Å². The van der Waals surface area contributed by atoms with Crippen molar-refractivity contribution in [3.05, 3.63) is 34.6 Å². The number of hydrogen-bond acceptors (Lipinski definition) is 5. The van der Waals surface area contributed by atoms with Gasteiger partial charge in [-0.15, -0.1) is 5.10 Å². The second-order valence-electron chi connectivity index (χ2n) is 4.19. The molecule has 0 saturated carbocycles. The van der Waals surface area contributed by atoms with Crippen LogP contribution >= 0.6 is 11.6 Å². The molecule has 2 aromatic rings. The minimum atomic E-state index is -0.297. The predicted octanol–water partition coefficient (Wildman–Crippen LogP) is 1.76. The lowest BCUT2D eigenvalue weighted by Gasteiger charge is -2.08. The van der Waals surface area contributed by atoms with Gasteiger partial charge >= 0.3 is 0 Å². The summed E-state index contributed by atoms with van der Waals surface area (Å²) in [6, 6.07) is 6.83. The summed E-state index contributed by atoms with van der Waals surface area (Å²) in [6.07, 6.45) is 0. The first-order valence-electron chi connectivity index (χ1n) is 5.98. The van der Waals surface area contributed by atoms with Crippen molar-refractivity contribution in [1.82, 2.24) is 15.0 Å². The number of carbonyl (C=O) groups excluding carboxylic acids is 1. The molecule has 1 heterocycles. The normalized spacial score (nSPS) is 10.0. The number of aromatic nitrogens is 3. The summed E-state index contributed by atoms with van der Waals surface area (Å²) in [4.78, 5) is 11.9. The number of methoxy groups -OCH3 is 1. The van der Waals surface area contributed by atoms with Gasteiger partial charge in [-0.1, -0.05) is 16.8 Å². The summed E-state index contributed by atoms with van der Waals surface area (Å²) < 4.78 is 6.39. The molecule has 0 aliphatic rings. The number of halogens is 1. The second kappa shape index (κ2) is 6.24. The van der Waals surface area contributed by atoms with E-state index in [2.05, 4.69) is 15.6 Å². The zero-order valence-electron chi connectivity index (χ0n) is 11.4. The Balaban J connectivity index is 2.06. The smallest absolute Gasteiger partial charge is 0.246 e. The van der Waals surface area contributed by atoms with Crippen molar-refractivity contribution >= 4 is 23.2 Å². The van der Waals surface area contributed by atoms with Crippen LogP contribution in [0.15, 0.2) is 18.2 Å². The van der Waals surface area contributed by atoms with Crippen LogP contribution in [0.2, 0.25) is 5.02 Å². The van der Waals surface area contributed by atoms with Crippen molar-refractivity contribution in [1.29, 1.82) is 5.26 Å². The molecule has 1 N–H and O–H groups in total. The fraction of sp³-hybridized carbons (Fsp3) is 0.231. The molecule has 0 saturated heterocycles. The summed E-state index contributed by atoms with van der Waals surface area (Å²) in [5, 5.41) is 19.3. The second-order valence-corrected chi connectivity index (χ2v) is 4.60. The molecule has 0 radical (unpaired) electrons. The molecule has 0 atom stereocenters. The Hall–Kier alpha value is -2.59. The number of ether oxygens (including phenoxy) is 1. The third-order valence-electron chi connectivity index (χ3n) is 2.82. The highest BCUT2D eigenvalue weighted by atomic mass is 35.5. The standard InChI is InChI=1S/C13H12ClN5O2/c1-8-11(6-15)17-18-19(8)7-13(20)16-9-3-4-12(21-2)10(14)5-9/h3-5H,7H2,1-2H3,(H,16,20). The van der Waals surface area contributed by atoms with Crippen molar-refractivity contribution < 1.29 is 9.53 Å². The summed E-state index contributed by atoms with van der Waals surface area (Å²) in [6.45, 7) is 1.64. The average molecular weight is 306 g/mol. The minimum Gasteiger partial charge on any atom is -0.495 e. The van der Waals surface area contributed by atoms with Gasteiger partial charge in [0.15, 0.2) is 5.69 Å². The molecule has 0 spiro atoms. The fourth-order valence-corrected chi connectivity index (χ4v) is 1.95. The number of rotatable bonds is 4. The van der Waals surface area contributed by atoms with E-state index < -0.39 is 0 Å². The Labute approximate surface area is 126 Å². The molecule has 1 aromatic heterocycles. The summed E-state index contributed by atoms with van der Waals surface area (Å²) in [7, 11) is 1.51. The number of nitriles is 1. The number of hydrogen-bond donors (Lipinski definition) is 1. The van der Waals surface area contributed by atoms with E-state index in [1.54, 1.807) is 25.1 Å². The molecule has 0 aliphatic carbocycles. The van der Waals surface area contributed by atoms with Gasteiger partial charge in [-0.05, 0) is 25.1 Å². The molecule has 0 unspecified atom stereocenters. The SMILES string of the molecule is COc1ccc(NC(=O)Cn2nnc(C#N)c2C)cc1Cl. The zero-order valence-corrected chi connectivity index (χ0v) is 12.2. The van der Waals surface area contributed by atoms with E-state index in [4.69, 9.17) is 21.6 Å². The molecule has 108 valence electrons. The van der Waals surface area contributed by atoms with E-state index in [0.717, 1.165) is 0 Å². The number of nitrogens with one attached hydrogen (secondary N) is 1. The van der Waals surface area contributed by atoms with Gasteiger partial charge in [-0.3, -0.25) is 4.79 Å². The highest BCUT2D eigenvalue weighted by Crippen LogP contribution is 2.27. The first-order valence-corrected chi connectivity index (χ1v) is 6.36. The predicted molar refractivity (Wildman–Crippen MR) is 76.1 cm³/mol. The van der Waals surface area contributed by atoms with Gasteiger partial charge in [0.1, 0.15) is 18.4 Å². The van der Waals surface area contributed by atoms with E-state index in [1.165, 1.54) is 11.8 Å². The molecule has 8 heteroatoms. The number of carbonyl (C=O) groups is 1. The van der Waals surface area contributed by atoms with Crippen LogP contribution in [0.1, 0.15) is 11.4 Å². The van der Waals surface area contributed by atoms with Crippen molar-refractivity contribution in [3.63, 3.8) is 0 Å². The molecule has 0 bridgehead atoms. The monoisotopic (exact) mass is 305 g/mol. The lowest BCUT2D eigenvalue weighted by atomic mass is 10.3. The summed E-state index contributed by atoms with van der Waals surface area (Å²) >= 11 is 5.98. The lowest BCUT2D eigenvalue weighted by molar-refractivity contribution is -0.117. The first kappa shape index (κ1) is 14.8. The van der Waals surface area contributed by atoms with Crippen LogP contribution in [0.4, 0.5) is 5.69 Å². The number of amides is 1. The van der Waals surface area contributed by atoms with Crippen LogP contribution in [0.3, 0.4) is 0 Å². The molecular weight excluding hydrogens is 294 g/mol. The number of benzene rings is 1. The molecule has 2 rings (SSSR count). The molecule has 0 aliphatic heterocycles. The summed E-state index contributed by atoms with van der Waals surface area (Å²) in [5.41, 5.74) is 1.29. The minimum absolute atomic E-state index is 0.0375. The maximum absolute atomic E-state index is 11.9. The lowest BCUT2D eigenvalue weighted by Crippen LogP contribution is -2.20. The number of anilines is 1. The van der Waals surface area contributed by atoms with Gasteiger partial charge in [0.2, 0.25) is 5.91 Å². The van der Waals surface area contributed by atoms with Crippen LogP contribution in [-0.4, -0.2) is 28.0 Å². The molecule has 21 heavy (non-hydrogen) atoms. The largest absolute Gasteiger partial charge is 0.495 e. The topological polar surface area (TPSA) is 92.8 Å². The third kappa shape index (κ3) is 3.30. The van der Waals surface area contributed by atoms with Crippen molar-refractivity contribution in [2.75, 3.05) is 12.4 Å². The molecule has 0 fully saturated rings. The van der Waals surface area contributed by atoms with Gasteiger partial charge in [0.25, 0.3) is 0 Å². The van der Waals surface area contributed by atoms with Gasteiger partial charge in [-0.2, -0.15) is 5.26 Å². The van der Waals surface area contributed by atoms with Gasteiger partial charge in [0, 0.05) is 5.69 Å². The van der Waals surface area contributed by atoms with Crippen molar-refractivity contribution in [2.24, 2.45) is 0 Å². The van der Waals surface area contributed by atoms with Crippen molar-refractivity contribution in [2.45, 2.75) is 13.5 Å². The molecule has 1 aromatic carbocycles. The third-order valence-corrected chi connectivity index (χ3v) is 3.11. The van der Waals surface area contributed by atoms with E-state index in [1.807, 2.05) is 6.07 Å². The van der Waals surface area contributed by atoms with E-state index >= 15 is 0 Å². The Morgan fingerprint density at radius 3 is 2.90 bits per heavy atom. The van der Waals surface area contributed by atoms with Crippen LogP contribution in [0.5, 0.6) is 5.75 Å². The zero-order chi connectivity index (χ0) is 15.4. The Kier molecular flexibility index (Phi) is 4.40. The van der Waals surface area contributed by atoms with Crippen LogP contribution in [0, 0.1) is 18.3 Å². The Morgan fingerprint density at radius 1 is 1.57 bits per heavy atom. The van der Waals surface area contributed by atoms with E-state index in [9.17, 15) is 4.79 Å².